The van der Waals surface area contributed by atoms with Crippen LogP contribution in [0.25, 0.3) is 0 Å². The van der Waals surface area contributed by atoms with Crippen LogP contribution in [0.1, 0.15) is 24.0 Å². The van der Waals surface area contributed by atoms with Gasteiger partial charge in [-0.3, -0.25) is 4.90 Å². The van der Waals surface area contributed by atoms with Crippen LogP contribution in [0, 0.1) is 13.8 Å². The number of likely N-dealkylation sites (tertiary alicyclic amines) is 1. The molecule has 1 aromatic rings. The molecule has 0 spiro atoms. The van der Waals surface area contributed by atoms with Gasteiger partial charge in [0.2, 0.25) is 5.88 Å². The summed E-state index contributed by atoms with van der Waals surface area (Å²) in [6, 6.07) is 0. The van der Waals surface area contributed by atoms with Gasteiger partial charge in [0.15, 0.2) is 5.15 Å². The summed E-state index contributed by atoms with van der Waals surface area (Å²) in [6.07, 6.45) is 2.61. The van der Waals surface area contributed by atoms with E-state index in [1.807, 2.05) is 13.8 Å². The Morgan fingerprint density at radius 3 is 2.59 bits per heavy atom. The van der Waals surface area contributed by atoms with Gasteiger partial charge in [-0.2, -0.15) is 0 Å². The number of rotatable bonds is 4. The number of hydrogen-bond acceptors (Lipinski definition) is 4. The largest absolute Gasteiger partial charge is 0.475 e. The molecule has 0 bridgehead atoms. The number of hydrogen-bond donors (Lipinski definition) is 0. The normalized spacial score (nSPS) is 16.4. The first kappa shape index (κ1) is 12.6. The van der Waals surface area contributed by atoms with Crippen LogP contribution in [0.4, 0.5) is 0 Å². The quantitative estimate of drug-likeness (QED) is 0.827. The summed E-state index contributed by atoms with van der Waals surface area (Å²) >= 11 is 5.89. The van der Waals surface area contributed by atoms with Crippen LogP contribution in [-0.4, -0.2) is 41.3 Å². The van der Waals surface area contributed by atoms with Crippen LogP contribution < -0.4 is 4.74 Å². The number of aromatic nitrogens is 2. The molecule has 5 heteroatoms. The number of ether oxygens (including phenoxy) is 1. The van der Waals surface area contributed by atoms with E-state index in [1.165, 1.54) is 25.9 Å². The van der Waals surface area contributed by atoms with Gasteiger partial charge in [0.1, 0.15) is 6.61 Å². The third-order valence-corrected chi connectivity index (χ3v) is 3.63. The second-order valence-corrected chi connectivity index (χ2v) is 4.80. The van der Waals surface area contributed by atoms with E-state index in [4.69, 9.17) is 16.3 Å². The summed E-state index contributed by atoms with van der Waals surface area (Å²) in [7, 11) is 0. The topological polar surface area (TPSA) is 38.3 Å². The Morgan fingerprint density at radius 1 is 1.18 bits per heavy atom. The predicted molar refractivity (Wildman–Crippen MR) is 67.7 cm³/mol. The van der Waals surface area contributed by atoms with E-state index >= 15 is 0 Å². The van der Waals surface area contributed by atoms with Gasteiger partial charge in [-0.25, -0.2) is 0 Å². The highest BCUT2D eigenvalue weighted by Gasteiger charge is 2.12. The van der Waals surface area contributed by atoms with Crippen LogP contribution in [0.2, 0.25) is 5.15 Å². The fourth-order valence-electron chi connectivity index (χ4n) is 1.97. The Hall–Kier alpha value is -0.870. The molecule has 0 N–H and O–H groups in total. The summed E-state index contributed by atoms with van der Waals surface area (Å²) in [4.78, 5) is 2.41. The first-order valence-corrected chi connectivity index (χ1v) is 6.41. The van der Waals surface area contributed by atoms with Crippen molar-refractivity contribution in [2.45, 2.75) is 26.7 Å². The lowest BCUT2D eigenvalue weighted by Gasteiger charge is -2.15. The second kappa shape index (κ2) is 5.65. The lowest BCUT2D eigenvalue weighted by molar-refractivity contribution is 0.229. The van der Waals surface area contributed by atoms with Crippen LogP contribution in [0.3, 0.4) is 0 Å². The van der Waals surface area contributed by atoms with Crippen molar-refractivity contribution in [1.82, 2.24) is 15.1 Å². The summed E-state index contributed by atoms with van der Waals surface area (Å²) < 4.78 is 5.66. The van der Waals surface area contributed by atoms with Crippen molar-refractivity contribution in [3.05, 3.63) is 16.3 Å². The predicted octanol–water partition coefficient (Wildman–Crippen LogP) is 2.22. The molecule has 1 aromatic heterocycles. The molecular formula is C12H18ClN3O. The molecule has 94 valence electrons. The minimum absolute atomic E-state index is 0.453. The highest BCUT2D eigenvalue weighted by molar-refractivity contribution is 6.30. The molecule has 4 nitrogen and oxygen atoms in total. The molecule has 1 saturated heterocycles. The number of nitrogens with zero attached hydrogens (tertiary/aromatic N) is 3. The maximum Gasteiger partial charge on any atom is 0.236 e. The van der Waals surface area contributed by atoms with Crippen LogP contribution in [-0.2, 0) is 0 Å². The first-order valence-electron chi connectivity index (χ1n) is 6.03. The smallest absolute Gasteiger partial charge is 0.236 e. The van der Waals surface area contributed by atoms with E-state index in [0.29, 0.717) is 17.6 Å². The monoisotopic (exact) mass is 255 g/mol. The highest BCUT2D eigenvalue weighted by atomic mass is 35.5. The van der Waals surface area contributed by atoms with Gasteiger partial charge < -0.3 is 4.74 Å². The Morgan fingerprint density at radius 2 is 1.88 bits per heavy atom. The summed E-state index contributed by atoms with van der Waals surface area (Å²) in [5, 5.41) is 8.30. The third kappa shape index (κ3) is 3.07. The molecule has 0 aliphatic carbocycles. The van der Waals surface area contributed by atoms with Crippen molar-refractivity contribution < 1.29 is 4.74 Å². The van der Waals surface area contributed by atoms with Crippen molar-refractivity contribution in [1.29, 1.82) is 0 Å². The zero-order chi connectivity index (χ0) is 12.3. The summed E-state index contributed by atoms with van der Waals surface area (Å²) in [5.74, 6) is 0.603. The van der Waals surface area contributed by atoms with Crippen LogP contribution in [0.5, 0.6) is 5.88 Å². The first-order chi connectivity index (χ1) is 8.18. The molecular weight excluding hydrogens is 238 g/mol. The van der Waals surface area contributed by atoms with E-state index in [1.54, 1.807) is 0 Å². The maximum atomic E-state index is 5.89. The molecule has 1 aliphatic rings. The van der Waals surface area contributed by atoms with E-state index in [0.717, 1.165) is 17.7 Å². The van der Waals surface area contributed by atoms with Gasteiger partial charge in [-0.05, 0) is 45.3 Å². The molecule has 0 amide bonds. The van der Waals surface area contributed by atoms with Gasteiger partial charge in [0, 0.05) is 12.1 Å². The van der Waals surface area contributed by atoms with Gasteiger partial charge >= 0.3 is 0 Å². The second-order valence-electron chi connectivity index (χ2n) is 4.44. The average molecular weight is 256 g/mol. The van der Waals surface area contributed by atoms with Crippen molar-refractivity contribution in [3.8, 4) is 5.88 Å². The van der Waals surface area contributed by atoms with Crippen LogP contribution in [0.15, 0.2) is 0 Å². The Labute approximate surface area is 107 Å². The number of halogens is 1. The molecule has 0 unspecified atom stereocenters. The molecule has 1 aliphatic heterocycles. The Balaban J connectivity index is 1.88. The zero-order valence-corrected chi connectivity index (χ0v) is 11.1. The van der Waals surface area contributed by atoms with E-state index in [-0.39, 0.29) is 0 Å². The minimum Gasteiger partial charge on any atom is -0.475 e. The minimum atomic E-state index is 0.453. The van der Waals surface area contributed by atoms with Gasteiger partial charge in [0.25, 0.3) is 0 Å². The summed E-state index contributed by atoms with van der Waals surface area (Å²) in [6.45, 7) is 7.89. The Bertz CT molecular complexity index is 392. The van der Waals surface area contributed by atoms with E-state index in [9.17, 15) is 0 Å². The molecule has 0 radical (unpaired) electrons. The van der Waals surface area contributed by atoms with Crippen LogP contribution >= 0.6 is 11.6 Å². The fourth-order valence-corrected chi connectivity index (χ4v) is 2.15. The third-order valence-electron chi connectivity index (χ3n) is 3.27. The van der Waals surface area contributed by atoms with Gasteiger partial charge in [-0.15, -0.1) is 10.2 Å². The lowest BCUT2D eigenvalue weighted by atomic mass is 10.2. The fraction of sp³-hybridized carbons (Fsp3) is 0.667. The maximum absolute atomic E-state index is 5.89. The molecule has 2 rings (SSSR count). The molecule has 0 aromatic carbocycles. The van der Waals surface area contributed by atoms with Crippen molar-refractivity contribution in [2.75, 3.05) is 26.2 Å². The zero-order valence-electron chi connectivity index (χ0n) is 10.4. The van der Waals surface area contributed by atoms with Gasteiger partial charge in [-0.1, -0.05) is 11.6 Å². The van der Waals surface area contributed by atoms with Gasteiger partial charge in [0.05, 0.1) is 0 Å². The van der Waals surface area contributed by atoms with Crippen molar-refractivity contribution in [3.63, 3.8) is 0 Å². The SMILES string of the molecule is Cc1c(Cl)nnc(OCCN2CCCC2)c1C. The lowest BCUT2D eigenvalue weighted by Crippen LogP contribution is -2.25. The molecule has 0 saturated carbocycles. The van der Waals surface area contributed by atoms with Crippen molar-refractivity contribution >= 4 is 11.6 Å². The Kier molecular flexibility index (Phi) is 4.18. The highest BCUT2D eigenvalue weighted by Crippen LogP contribution is 2.22. The van der Waals surface area contributed by atoms with Crippen molar-refractivity contribution in [2.24, 2.45) is 0 Å². The molecule has 2 heterocycles. The van der Waals surface area contributed by atoms with E-state index in [2.05, 4.69) is 15.1 Å². The molecule has 1 fully saturated rings. The van der Waals surface area contributed by atoms with E-state index < -0.39 is 0 Å². The average Bonchev–Trinajstić information content (AvgIpc) is 2.82. The summed E-state index contributed by atoms with van der Waals surface area (Å²) in [5.41, 5.74) is 1.92. The molecule has 17 heavy (non-hydrogen) atoms. The molecule has 0 atom stereocenters. The standard InChI is InChI=1S/C12H18ClN3O/c1-9-10(2)12(15-14-11(9)13)17-8-7-16-5-3-4-6-16/h3-8H2,1-2H3.